The molecule has 5 nitrogen and oxygen atoms in total. The maximum atomic E-state index is 12.7. The van der Waals surface area contributed by atoms with Gasteiger partial charge in [0.05, 0.1) is 6.04 Å². The number of piperidine rings is 1. The van der Waals surface area contributed by atoms with E-state index in [2.05, 4.69) is 21.2 Å². The van der Waals surface area contributed by atoms with Crippen LogP contribution in [0.1, 0.15) is 36.9 Å². The Kier molecular flexibility index (Phi) is 7.27. The minimum absolute atomic E-state index is 0.0230. The van der Waals surface area contributed by atoms with Gasteiger partial charge < -0.3 is 5.32 Å². The number of nitrogens with one attached hydrogen (secondary N) is 1. The number of carbonyl (C=O) groups is 1. The zero-order valence-corrected chi connectivity index (χ0v) is 18.7. The number of benzene rings is 2. The fourth-order valence-electron chi connectivity index (χ4n) is 3.42. The Morgan fingerprint density at radius 3 is 2.38 bits per heavy atom. The van der Waals surface area contributed by atoms with E-state index in [0.717, 1.165) is 15.6 Å². The summed E-state index contributed by atoms with van der Waals surface area (Å²) in [6.07, 6.45) is 2.65. The summed E-state index contributed by atoms with van der Waals surface area (Å²) in [6, 6.07) is 17.0. The quantitative estimate of drug-likeness (QED) is 0.673. The average molecular weight is 477 g/mol. The zero-order valence-electron chi connectivity index (χ0n) is 16.3. The summed E-state index contributed by atoms with van der Waals surface area (Å²) in [7, 11) is -3.49. The maximum absolute atomic E-state index is 12.7. The van der Waals surface area contributed by atoms with Gasteiger partial charge in [-0.05, 0) is 43.0 Å². The van der Waals surface area contributed by atoms with Crippen LogP contribution in [0, 0.1) is 5.92 Å². The van der Waals surface area contributed by atoms with Crippen molar-refractivity contribution in [3.63, 3.8) is 0 Å². The van der Waals surface area contributed by atoms with Gasteiger partial charge in [-0.2, -0.15) is 4.31 Å². The molecule has 0 spiro atoms. The molecular formula is C22H25BrN2O3S. The van der Waals surface area contributed by atoms with Gasteiger partial charge in [0.2, 0.25) is 15.9 Å². The number of rotatable bonds is 6. The molecule has 7 heteroatoms. The molecule has 1 N–H and O–H groups in total. The van der Waals surface area contributed by atoms with Crippen LogP contribution >= 0.6 is 15.9 Å². The first-order chi connectivity index (χ1) is 13.9. The first-order valence-corrected chi connectivity index (χ1v) is 11.9. The van der Waals surface area contributed by atoms with Gasteiger partial charge in [-0.25, -0.2) is 8.42 Å². The fraction of sp³-hybridized carbons (Fsp3) is 0.318. The lowest BCUT2D eigenvalue weighted by atomic mass is 9.96. The van der Waals surface area contributed by atoms with Gasteiger partial charge in [0.15, 0.2) is 0 Å². The van der Waals surface area contributed by atoms with E-state index in [4.69, 9.17) is 0 Å². The van der Waals surface area contributed by atoms with E-state index in [-0.39, 0.29) is 17.9 Å². The highest BCUT2D eigenvalue weighted by molar-refractivity contribution is 9.10. The van der Waals surface area contributed by atoms with E-state index >= 15 is 0 Å². The van der Waals surface area contributed by atoms with Gasteiger partial charge >= 0.3 is 0 Å². The van der Waals surface area contributed by atoms with Gasteiger partial charge in [-0.3, -0.25) is 4.79 Å². The summed E-state index contributed by atoms with van der Waals surface area (Å²) in [5.74, 6) is -0.199. The van der Waals surface area contributed by atoms with E-state index in [1.165, 1.54) is 9.71 Å². The standard InChI is InChI=1S/C22H25BrN2O3S/c1-17(20-9-5-6-10-21(20)23)24-22(26)19-11-14-25(15-12-19)29(27,28)16-13-18-7-3-2-4-8-18/h2-10,13,16-17,19H,11-12,14-15H2,1H3,(H,24,26)/b16-13+. The molecule has 1 unspecified atom stereocenters. The van der Waals surface area contributed by atoms with Crippen LogP contribution in [0.2, 0.25) is 0 Å². The highest BCUT2D eigenvalue weighted by Gasteiger charge is 2.30. The molecule has 29 heavy (non-hydrogen) atoms. The molecule has 1 fully saturated rings. The molecule has 154 valence electrons. The molecule has 0 saturated carbocycles. The van der Waals surface area contributed by atoms with Crippen LogP contribution in [0.4, 0.5) is 0 Å². The second-order valence-electron chi connectivity index (χ2n) is 7.18. The lowest BCUT2D eigenvalue weighted by Gasteiger charge is -2.30. The highest BCUT2D eigenvalue weighted by Crippen LogP contribution is 2.25. The Bertz CT molecular complexity index is 969. The number of halogens is 1. The van der Waals surface area contributed by atoms with Crippen LogP contribution in [-0.2, 0) is 14.8 Å². The normalized spacial score (nSPS) is 17.3. The number of carbonyl (C=O) groups excluding carboxylic acids is 1. The molecule has 1 aliphatic heterocycles. The molecule has 3 rings (SSSR count). The average Bonchev–Trinajstić information content (AvgIpc) is 2.73. The van der Waals surface area contributed by atoms with Crippen molar-refractivity contribution in [1.29, 1.82) is 0 Å². The van der Waals surface area contributed by atoms with Crippen molar-refractivity contribution in [3.8, 4) is 0 Å². The molecule has 1 saturated heterocycles. The van der Waals surface area contributed by atoms with E-state index in [1.807, 2.05) is 61.5 Å². The fourth-order valence-corrected chi connectivity index (χ4v) is 5.27. The monoisotopic (exact) mass is 476 g/mol. The van der Waals surface area contributed by atoms with Crippen LogP contribution in [0.25, 0.3) is 6.08 Å². The highest BCUT2D eigenvalue weighted by atomic mass is 79.9. The van der Waals surface area contributed by atoms with Crippen molar-refractivity contribution in [2.24, 2.45) is 5.92 Å². The third kappa shape index (κ3) is 5.78. The molecular weight excluding hydrogens is 452 g/mol. The number of amides is 1. The Hall–Kier alpha value is -1.96. The molecule has 1 aliphatic rings. The summed E-state index contributed by atoms with van der Waals surface area (Å²) in [4.78, 5) is 12.7. The van der Waals surface area contributed by atoms with E-state index < -0.39 is 10.0 Å². The lowest BCUT2D eigenvalue weighted by molar-refractivity contribution is -0.126. The zero-order chi connectivity index (χ0) is 20.9. The Morgan fingerprint density at radius 2 is 1.72 bits per heavy atom. The predicted octanol–water partition coefficient (Wildman–Crippen LogP) is 4.34. The predicted molar refractivity (Wildman–Crippen MR) is 119 cm³/mol. The molecule has 2 aromatic carbocycles. The molecule has 0 aromatic heterocycles. The van der Waals surface area contributed by atoms with Crippen LogP contribution < -0.4 is 5.32 Å². The van der Waals surface area contributed by atoms with Gasteiger partial charge in [-0.15, -0.1) is 0 Å². The third-order valence-corrected chi connectivity index (χ3v) is 7.43. The SMILES string of the molecule is CC(NC(=O)C1CCN(S(=O)(=O)/C=C/c2ccccc2)CC1)c1ccccc1Br. The van der Waals surface area contributed by atoms with Crippen molar-refractivity contribution in [2.45, 2.75) is 25.8 Å². The summed E-state index contributed by atoms with van der Waals surface area (Å²) >= 11 is 3.51. The van der Waals surface area contributed by atoms with E-state index in [0.29, 0.717) is 25.9 Å². The summed E-state index contributed by atoms with van der Waals surface area (Å²) in [5.41, 5.74) is 1.86. The molecule has 1 amide bonds. The number of hydrogen-bond donors (Lipinski definition) is 1. The first-order valence-electron chi connectivity index (χ1n) is 9.65. The van der Waals surface area contributed by atoms with Crippen molar-refractivity contribution in [2.75, 3.05) is 13.1 Å². The Balaban J connectivity index is 1.55. The van der Waals surface area contributed by atoms with E-state index in [9.17, 15) is 13.2 Å². The van der Waals surface area contributed by atoms with Crippen LogP contribution in [-0.4, -0.2) is 31.7 Å². The lowest BCUT2D eigenvalue weighted by Crippen LogP contribution is -2.42. The minimum atomic E-state index is -3.49. The summed E-state index contributed by atoms with van der Waals surface area (Å²) < 4.78 is 27.5. The van der Waals surface area contributed by atoms with E-state index in [1.54, 1.807) is 6.08 Å². The van der Waals surface area contributed by atoms with Gasteiger partial charge in [0.1, 0.15) is 0 Å². The molecule has 0 aliphatic carbocycles. The number of nitrogens with zero attached hydrogens (tertiary/aromatic N) is 1. The van der Waals surface area contributed by atoms with Crippen molar-refractivity contribution in [3.05, 3.63) is 75.6 Å². The Morgan fingerprint density at radius 1 is 1.10 bits per heavy atom. The second kappa shape index (κ2) is 9.69. The second-order valence-corrected chi connectivity index (χ2v) is 9.86. The molecule has 0 bridgehead atoms. The molecule has 1 atom stereocenters. The molecule has 0 radical (unpaired) electrons. The van der Waals surface area contributed by atoms with Crippen LogP contribution in [0.3, 0.4) is 0 Å². The minimum Gasteiger partial charge on any atom is -0.349 e. The molecule has 1 heterocycles. The van der Waals surface area contributed by atoms with Gasteiger partial charge in [0.25, 0.3) is 0 Å². The number of sulfonamides is 1. The largest absolute Gasteiger partial charge is 0.349 e. The van der Waals surface area contributed by atoms with Crippen LogP contribution in [0.5, 0.6) is 0 Å². The topological polar surface area (TPSA) is 66.5 Å². The van der Waals surface area contributed by atoms with Crippen molar-refractivity contribution < 1.29 is 13.2 Å². The Labute approximate surface area is 181 Å². The van der Waals surface area contributed by atoms with Crippen molar-refractivity contribution >= 4 is 37.9 Å². The molecule has 2 aromatic rings. The summed E-state index contributed by atoms with van der Waals surface area (Å²) in [5, 5.41) is 4.30. The first kappa shape index (κ1) is 21.7. The van der Waals surface area contributed by atoms with Crippen LogP contribution in [0.15, 0.2) is 64.5 Å². The third-order valence-electron chi connectivity index (χ3n) is 5.15. The van der Waals surface area contributed by atoms with Crippen molar-refractivity contribution in [1.82, 2.24) is 9.62 Å². The van der Waals surface area contributed by atoms with Gasteiger partial charge in [-0.1, -0.05) is 64.5 Å². The maximum Gasteiger partial charge on any atom is 0.236 e. The number of hydrogen-bond acceptors (Lipinski definition) is 3. The smallest absolute Gasteiger partial charge is 0.236 e. The summed E-state index contributed by atoms with van der Waals surface area (Å²) in [6.45, 7) is 2.65. The van der Waals surface area contributed by atoms with Gasteiger partial charge in [0, 0.05) is 28.9 Å².